The van der Waals surface area contributed by atoms with Gasteiger partial charge in [0, 0.05) is 23.4 Å². The van der Waals surface area contributed by atoms with E-state index in [9.17, 15) is 4.79 Å². The Balaban J connectivity index is 0.00000245. The molecule has 164 valence electrons. The van der Waals surface area contributed by atoms with E-state index in [-0.39, 0.29) is 18.7 Å². The molecule has 0 saturated carbocycles. The SMILES string of the molecule is C.CC(C)(C)c1ccc2c(c1)C1(c3ccccc3)C(=O)N(C/C=C\CO2)c2ccccc21. The number of anilines is 1. The number of fused-ring (bicyclic) bond motifs is 7. The van der Waals surface area contributed by atoms with Gasteiger partial charge in [-0.3, -0.25) is 4.79 Å². The first kappa shape index (κ1) is 21.9. The van der Waals surface area contributed by atoms with Crippen LogP contribution in [0.1, 0.15) is 50.5 Å². The lowest BCUT2D eigenvalue weighted by atomic mass is 9.68. The molecular weight excluding hydrogens is 394 g/mol. The van der Waals surface area contributed by atoms with Crippen molar-refractivity contribution in [3.63, 3.8) is 0 Å². The fraction of sp³-hybridized carbons (Fsp3) is 0.276. The quantitative estimate of drug-likeness (QED) is 0.431. The summed E-state index contributed by atoms with van der Waals surface area (Å²) in [6.07, 6.45) is 4.01. The number of para-hydroxylation sites is 1. The van der Waals surface area contributed by atoms with Crippen LogP contribution in [0.15, 0.2) is 84.9 Å². The molecule has 3 aromatic rings. The second-order valence-corrected chi connectivity index (χ2v) is 9.29. The van der Waals surface area contributed by atoms with Gasteiger partial charge in [-0.25, -0.2) is 0 Å². The van der Waals surface area contributed by atoms with Gasteiger partial charge >= 0.3 is 0 Å². The highest BCUT2D eigenvalue weighted by molar-refractivity contribution is 6.13. The topological polar surface area (TPSA) is 29.5 Å². The highest BCUT2D eigenvalue weighted by atomic mass is 16.5. The molecule has 0 aromatic heterocycles. The summed E-state index contributed by atoms with van der Waals surface area (Å²) in [6.45, 7) is 7.60. The zero-order chi connectivity index (χ0) is 21.6. The summed E-state index contributed by atoms with van der Waals surface area (Å²) in [6, 6.07) is 24.7. The van der Waals surface area contributed by atoms with Gasteiger partial charge in [0.05, 0.1) is 0 Å². The number of rotatable bonds is 1. The van der Waals surface area contributed by atoms with Gasteiger partial charge in [0.1, 0.15) is 17.8 Å². The highest BCUT2D eigenvalue weighted by Gasteiger charge is 2.54. The number of hydrogen-bond acceptors (Lipinski definition) is 2. The van der Waals surface area contributed by atoms with Crippen LogP contribution >= 0.6 is 0 Å². The van der Waals surface area contributed by atoms with Crippen LogP contribution in [0.25, 0.3) is 0 Å². The number of nitrogens with zero attached hydrogens (tertiary/aromatic N) is 1. The minimum Gasteiger partial charge on any atom is -0.489 e. The van der Waals surface area contributed by atoms with Gasteiger partial charge in [-0.05, 0) is 40.8 Å². The molecule has 1 unspecified atom stereocenters. The lowest BCUT2D eigenvalue weighted by Gasteiger charge is -2.33. The molecular formula is C29H31NO2. The van der Waals surface area contributed by atoms with Crippen LogP contribution in [0, 0.1) is 0 Å². The van der Waals surface area contributed by atoms with E-state index < -0.39 is 5.41 Å². The average Bonchev–Trinajstić information content (AvgIpc) is 3.01. The monoisotopic (exact) mass is 425 g/mol. The molecule has 0 aliphatic carbocycles. The molecule has 5 rings (SSSR count). The summed E-state index contributed by atoms with van der Waals surface area (Å²) >= 11 is 0. The van der Waals surface area contributed by atoms with Crippen LogP contribution in [0.2, 0.25) is 0 Å². The summed E-state index contributed by atoms with van der Waals surface area (Å²) in [5, 5.41) is 0. The average molecular weight is 426 g/mol. The van der Waals surface area contributed by atoms with E-state index in [2.05, 4.69) is 57.2 Å². The summed E-state index contributed by atoms with van der Waals surface area (Å²) < 4.78 is 6.23. The van der Waals surface area contributed by atoms with E-state index >= 15 is 0 Å². The zero-order valence-electron chi connectivity index (χ0n) is 18.3. The van der Waals surface area contributed by atoms with Gasteiger partial charge in [-0.2, -0.15) is 0 Å². The Hall–Kier alpha value is -3.33. The van der Waals surface area contributed by atoms with Crippen molar-refractivity contribution in [2.24, 2.45) is 0 Å². The van der Waals surface area contributed by atoms with E-state index in [1.807, 2.05) is 53.5 Å². The van der Waals surface area contributed by atoms with Crippen molar-refractivity contribution in [2.75, 3.05) is 18.1 Å². The summed E-state index contributed by atoms with van der Waals surface area (Å²) in [5.41, 5.74) is 4.05. The van der Waals surface area contributed by atoms with Crippen molar-refractivity contribution in [3.8, 4) is 5.75 Å². The van der Waals surface area contributed by atoms with Crippen LogP contribution in [0.4, 0.5) is 5.69 Å². The smallest absolute Gasteiger partial charge is 0.247 e. The molecule has 0 fully saturated rings. The number of hydrogen-bond donors (Lipinski definition) is 0. The number of amides is 1. The molecule has 0 radical (unpaired) electrons. The van der Waals surface area contributed by atoms with Crippen LogP contribution < -0.4 is 9.64 Å². The Kier molecular flexibility index (Phi) is 5.46. The Bertz CT molecular complexity index is 1170. The fourth-order valence-electron chi connectivity index (χ4n) is 4.82. The van der Waals surface area contributed by atoms with Crippen molar-refractivity contribution >= 4 is 11.6 Å². The van der Waals surface area contributed by atoms with E-state index in [4.69, 9.17) is 4.74 Å². The molecule has 2 aliphatic heterocycles. The van der Waals surface area contributed by atoms with Gasteiger partial charge in [0.15, 0.2) is 0 Å². The summed E-state index contributed by atoms with van der Waals surface area (Å²) in [5.74, 6) is 0.829. The number of benzene rings is 3. The van der Waals surface area contributed by atoms with Gasteiger partial charge in [0.2, 0.25) is 5.91 Å². The molecule has 2 bridgehead atoms. The van der Waals surface area contributed by atoms with E-state index in [1.165, 1.54) is 5.56 Å². The third-order valence-corrected chi connectivity index (χ3v) is 6.41. The van der Waals surface area contributed by atoms with Crippen molar-refractivity contribution < 1.29 is 9.53 Å². The van der Waals surface area contributed by atoms with Crippen LogP contribution in [-0.2, 0) is 15.6 Å². The second kappa shape index (κ2) is 7.98. The van der Waals surface area contributed by atoms with Gasteiger partial charge < -0.3 is 9.64 Å². The largest absolute Gasteiger partial charge is 0.489 e. The van der Waals surface area contributed by atoms with Gasteiger partial charge in [-0.15, -0.1) is 0 Å². The Morgan fingerprint density at radius 3 is 2.34 bits per heavy atom. The molecule has 0 saturated heterocycles. The molecule has 0 N–H and O–H groups in total. The van der Waals surface area contributed by atoms with E-state index in [0.29, 0.717) is 13.2 Å². The fourth-order valence-corrected chi connectivity index (χ4v) is 4.82. The van der Waals surface area contributed by atoms with E-state index in [0.717, 1.165) is 28.1 Å². The Morgan fingerprint density at radius 1 is 0.875 bits per heavy atom. The Morgan fingerprint density at radius 2 is 1.59 bits per heavy atom. The van der Waals surface area contributed by atoms with Crippen LogP contribution in [0.3, 0.4) is 0 Å². The third kappa shape index (κ3) is 3.15. The maximum Gasteiger partial charge on any atom is 0.247 e. The molecule has 2 aliphatic rings. The third-order valence-electron chi connectivity index (χ3n) is 6.41. The first-order valence-corrected chi connectivity index (χ1v) is 10.8. The zero-order valence-corrected chi connectivity index (χ0v) is 18.3. The predicted molar refractivity (Wildman–Crippen MR) is 132 cm³/mol. The van der Waals surface area contributed by atoms with Crippen LogP contribution in [-0.4, -0.2) is 19.1 Å². The second-order valence-electron chi connectivity index (χ2n) is 9.29. The summed E-state index contributed by atoms with van der Waals surface area (Å²) in [7, 11) is 0. The number of carbonyl (C=O) groups excluding carboxylic acids is 1. The maximum absolute atomic E-state index is 14.4. The van der Waals surface area contributed by atoms with Crippen molar-refractivity contribution in [3.05, 3.63) is 107 Å². The molecule has 32 heavy (non-hydrogen) atoms. The molecule has 1 atom stereocenters. The molecule has 0 spiro atoms. The summed E-state index contributed by atoms with van der Waals surface area (Å²) in [4.78, 5) is 16.3. The molecule has 2 heterocycles. The highest BCUT2D eigenvalue weighted by Crippen LogP contribution is 2.53. The van der Waals surface area contributed by atoms with Crippen LogP contribution in [0.5, 0.6) is 5.75 Å². The van der Waals surface area contributed by atoms with Crippen molar-refractivity contribution in [1.82, 2.24) is 0 Å². The van der Waals surface area contributed by atoms with Gasteiger partial charge in [0.25, 0.3) is 0 Å². The number of ether oxygens (including phenoxy) is 1. The lowest BCUT2D eigenvalue weighted by Crippen LogP contribution is -2.43. The first-order chi connectivity index (χ1) is 14.9. The molecule has 3 heteroatoms. The molecule has 3 nitrogen and oxygen atoms in total. The predicted octanol–water partition coefficient (Wildman–Crippen LogP) is 6.25. The minimum absolute atomic E-state index is 0. The minimum atomic E-state index is -0.945. The molecule has 3 aromatic carbocycles. The first-order valence-electron chi connectivity index (χ1n) is 10.8. The number of carbonyl (C=O) groups is 1. The normalized spacial score (nSPS) is 20.5. The van der Waals surface area contributed by atoms with Crippen molar-refractivity contribution in [1.29, 1.82) is 0 Å². The lowest BCUT2D eigenvalue weighted by molar-refractivity contribution is -0.120. The van der Waals surface area contributed by atoms with E-state index in [1.54, 1.807) is 0 Å². The maximum atomic E-state index is 14.4. The molecule has 1 amide bonds. The Labute approximate surface area is 191 Å². The standard InChI is InChI=1S/C28H27NO2.CH4/c1-27(2,3)21-15-16-25-23(19-21)28(20-11-5-4-6-12-20)22-13-7-8-14-24(22)29(26(28)30)17-9-10-18-31-25;/h4-16,19H,17-18H2,1-3H3;1H4/b10-9-;. The van der Waals surface area contributed by atoms with Gasteiger partial charge in [-0.1, -0.05) is 88.9 Å². The van der Waals surface area contributed by atoms with Crippen molar-refractivity contribution in [2.45, 2.75) is 39.0 Å².